The molecular formula is C21H36O2. The van der Waals surface area contributed by atoms with E-state index >= 15 is 0 Å². The van der Waals surface area contributed by atoms with Crippen molar-refractivity contribution in [2.45, 2.75) is 84.2 Å². The van der Waals surface area contributed by atoms with Gasteiger partial charge in [0.1, 0.15) is 0 Å². The van der Waals surface area contributed by atoms with E-state index in [-0.39, 0.29) is 11.5 Å². The summed E-state index contributed by atoms with van der Waals surface area (Å²) in [7, 11) is 0. The lowest BCUT2D eigenvalue weighted by atomic mass is 9.44. The molecule has 0 aromatic rings. The second-order valence-corrected chi connectivity index (χ2v) is 9.89. The van der Waals surface area contributed by atoms with Crippen LogP contribution in [-0.4, -0.2) is 22.9 Å². The Morgan fingerprint density at radius 3 is 2.57 bits per heavy atom. The zero-order valence-electron chi connectivity index (χ0n) is 15.1. The number of aliphatic hydroxyl groups excluding tert-OH is 2. The Labute approximate surface area is 142 Å². The summed E-state index contributed by atoms with van der Waals surface area (Å²) >= 11 is 0. The molecule has 2 N–H and O–H groups in total. The van der Waals surface area contributed by atoms with Crippen molar-refractivity contribution >= 4 is 0 Å². The predicted octanol–water partition coefficient (Wildman–Crippen LogP) is 4.39. The van der Waals surface area contributed by atoms with Gasteiger partial charge < -0.3 is 10.2 Å². The molecule has 0 amide bonds. The fourth-order valence-electron chi connectivity index (χ4n) is 8.15. The van der Waals surface area contributed by atoms with Crippen LogP contribution in [0.5, 0.6) is 0 Å². The van der Waals surface area contributed by atoms with E-state index < -0.39 is 0 Å². The van der Waals surface area contributed by atoms with Crippen molar-refractivity contribution in [2.24, 2.45) is 40.4 Å². The highest BCUT2D eigenvalue weighted by Gasteiger charge is 2.62. The van der Waals surface area contributed by atoms with Crippen molar-refractivity contribution in [1.82, 2.24) is 0 Å². The van der Waals surface area contributed by atoms with Crippen molar-refractivity contribution in [1.29, 1.82) is 0 Å². The maximum Gasteiger partial charge on any atom is 0.0581 e. The van der Waals surface area contributed by atoms with Crippen molar-refractivity contribution in [3.63, 3.8) is 0 Å². The van der Waals surface area contributed by atoms with Crippen molar-refractivity contribution in [3.05, 3.63) is 0 Å². The van der Waals surface area contributed by atoms with Crippen molar-refractivity contribution < 1.29 is 10.2 Å². The largest absolute Gasteiger partial charge is 0.396 e. The van der Waals surface area contributed by atoms with Crippen LogP contribution in [0.25, 0.3) is 0 Å². The number of fused-ring (bicyclic) bond motifs is 5. The monoisotopic (exact) mass is 320 g/mol. The van der Waals surface area contributed by atoms with Gasteiger partial charge in [0.05, 0.1) is 6.10 Å². The molecule has 4 aliphatic carbocycles. The smallest absolute Gasteiger partial charge is 0.0581 e. The molecule has 4 saturated carbocycles. The van der Waals surface area contributed by atoms with Crippen LogP contribution in [0.2, 0.25) is 0 Å². The minimum Gasteiger partial charge on any atom is -0.396 e. The highest BCUT2D eigenvalue weighted by molar-refractivity contribution is 5.11. The molecule has 0 unspecified atom stereocenters. The first-order valence-electron chi connectivity index (χ1n) is 10.3. The molecule has 0 heterocycles. The van der Waals surface area contributed by atoms with Gasteiger partial charge in [0.25, 0.3) is 0 Å². The van der Waals surface area contributed by atoms with Gasteiger partial charge in [0.2, 0.25) is 0 Å². The van der Waals surface area contributed by atoms with Crippen molar-refractivity contribution in [2.75, 3.05) is 6.61 Å². The lowest BCUT2D eigenvalue weighted by Crippen LogP contribution is -2.58. The molecule has 4 fully saturated rings. The third-order valence-electron chi connectivity index (χ3n) is 9.19. The second kappa shape index (κ2) is 5.73. The van der Waals surface area contributed by atoms with Crippen LogP contribution in [-0.2, 0) is 0 Å². The SMILES string of the molecule is C[C@]12CCCC[C@H]1CC[C@@H]1[C@@H]2[C@@H](O)C[C@]2(C)[C@@H](CCO)CC[C@@H]12. The summed E-state index contributed by atoms with van der Waals surface area (Å²) in [6, 6.07) is 0. The zero-order chi connectivity index (χ0) is 16.2. The maximum atomic E-state index is 11.2. The van der Waals surface area contributed by atoms with Gasteiger partial charge in [-0.2, -0.15) is 0 Å². The topological polar surface area (TPSA) is 40.5 Å². The van der Waals surface area contributed by atoms with Crippen LogP contribution >= 0.6 is 0 Å². The average Bonchev–Trinajstić information content (AvgIpc) is 2.83. The van der Waals surface area contributed by atoms with E-state index in [4.69, 9.17) is 0 Å². The fraction of sp³-hybridized carbons (Fsp3) is 1.00. The molecule has 0 bridgehead atoms. The van der Waals surface area contributed by atoms with E-state index in [0.717, 1.165) is 30.6 Å². The van der Waals surface area contributed by atoms with Crippen LogP contribution in [0.15, 0.2) is 0 Å². The maximum absolute atomic E-state index is 11.2. The van der Waals surface area contributed by atoms with Gasteiger partial charge >= 0.3 is 0 Å². The average molecular weight is 321 g/mol. The minimum absolute atomic E-state index is 0.105. The standard InChI is InChI=1S/C21H36O2/c1-20-11-4-3-5-14(20)6-8-16-17-9-7-15(10-12-22)21(17,2)13-18(23)19(16)20/h14-19,22-23H,3-13H2,1-2H3/t14-,15+,16-,17-,18-,19+,20-,21+/m0/s1. The van der Waals surface area contributed by atoms with Gasteiger partial charge in [0, 0.05) is 6.61 Å². The van der Waals surface area contributed by atoms with Crippen molar-refractivity contribution in [3.8, 4) is 0 Å². The molecule has 8 atom stereocenters. The summed E-state index contributed by atoms with van der Waals surface area (Å²) in [5.41, 5.74) is 0.679. The minimum atomic E-state index is -0.105. The Balaban J connectivity index is 1.65. The van der Waals surface area contributed by atoms with Crippen LogP contribution in [0, 0.1) is 40.4 Å². The number of aliphatic hydroxyl groups is 2. The molecule has 2 nitrogen and oxygen atoms in total. The molecule has 4 rings (SSSR count). The molecule has 0 aliphatic heterocycles. The Morgan fingerprint density at radius 2 is 1.78 bits per heavy atom. The zero-order valence-corrected chi connectivity index (χ0v) is 15.1. The van der Waals surface area contributed by atoms with E-state index in [1.54, 1.807) is 0 Å². The molecule has 4 aliphatic rings. The molecule has 0 radical (unpaired) electrons. The summed E-state index contributed by atoms with van der Waals surface area (Å²) in [5, 5.41) is 20.7. The molecule has 132 valence electrons. The Bertz CT molecular complexity index is 449. The molecule has 2 heteroatoms. The number of hydrogen-bond acceptors (Lipinski definition) is 2. The number of rotatable bonds is 2. The molecular weight excluding hydrogens is 284 g/mol. The third kappa shape index (κ3) is 2.27. The Kier molecular flexibility index (Phi) is 4.08. The van der Waals surface area contributed by atoms with Gasteiger partial charge in [0.15, 0.2) is 0 Å². The molecule has 0 spiro atoms. The van der Waals surface area contributed by atoms with Gasteiger partial charge in [-0.15, -0.1) is 0 Å². The summed E-state index contributed by atoms with van der Waals surface area (Å²) < 4.78 is 0. The summed E-state index contributed by atoms with van der Waals surface area (Å²) in [5.74, 6) is 3.59. The highest BCUT2D eigenvalue weighted by atomic mass is 16.3. The van der Waals surface area contributed by atoms with E-state index in [2.05, 4.69) is 13.8 Å². The number of hydrogen-bond donors (Lipinski definition) is 2. The first-order chi connectivity index (χ1) is 11.0. The Hall–Kier alpha value is -0.0800. The summed E-state index contributed by atoms with van der Waals surface area (Å²) in [4.78, 5) is 0. The van der Waals surface area contributed by atoms with E-state index in [0.29, 0.717) is 23.9 Å². The fourth-order valence-corrected chi connectivity index (χ4v) is 8.15. The van der Waals surface area contributed by atoms with Gasteiger partial charge in [-0.05, 0) is 91.8 Å². The van der Waals surface area contributed by atoms with E-state index in [1.165, 1.54) is 51.4 Å². The van der Waals surface area contributed by atoms with Gasteiger partial charge in [-0.25, -0.2) is 0 Å². The van der Waals surface area contributed by atoms with Gasteiger partial charge in [-0.3, -0.25) is 0 Å². The van der Waals surface area contributed by atoms with Crippen LogP contribution < -0.4 is 0 Å². The summed E-state index contributed by atoms with van der Waals surface area (Å²) in [6.45, 7) is 5.29. The third-order valence-corrected chi connectivity index (χ3v) is 9.19. The molecule has 0 saturated heterocycles. The van der Waals surface area contributed by atoms with E-state index in [9.17, 15) is 10.2 Å². The Morgan fingerprint density at radius 1 is 0.957 bits per heavy atom. The molecule has 0 aromatic heterocycles. The van der Waals surface area contributed by atoms with E-state index in [1.807, 2.05) is 0 Å². The normalized spacial score (nSPS) is 55.8. The molecule has 0 aromatic carbocycles. The van der Waals surface area contributed by atoms with Crippen LogP contribution in [0.1, 0.15) is 78.1 Å². The lowest BCUT2D eigenvalue weighted by molar-refractivity contribution is -0.169. The van der Waals surface area contributed by atoms with Gasteiger partial charge in [-0.1, -0.05) is 26.7 Å². The molecule has 23 heavy (non-hydrogen) atoms. The first-order valence-corrected chi connectivity index (χ1v) is 10.3. The second-order valence-electron chi connectivity index (χ2n) is 9.89. The summed E-state index contributed by atoms with van der Waals surface area (Å²) in [6.07, 6.45) is 12.7. The first kappa shape index (κ1) is 16.4. The highest BCUT2D eigenvalue weighted by Crippen LogP contribution is 2.67. The van der Waals surface area contributed by atoms with Crippen LogP contribution in [0.3, 0.4) is 0 Å². The quantitative estimate of drug-likeness (QED) is 0.792. The van der Waals surface area contributed by atoms with Crippen LogP contribution in [0.4, 0.5) is 0 Å². The predicted molar refractivity (Wildman–Crippen MR) is 92.9 cm³/mol. The lowest BCUT2D eigenvalue weighted by Gasteiger charge is -2.62.